The van der Waals surface area contributed by atoms with Crippen LogP contribution in [0.15, 0.2) is 0 Å². The molecule has 1 fully saturated rings. The average Bonchev–Trinajstić information content (AvgIpc) is 2.33. The monoisotopic (exact) mass is 242 g/mol. The van der Waals surface area contributed by atoms with Gasteiger partial charge in [-0.3, -0.25) is 4.79 Å². The number of amides is 1. The third-order valence-corrected chi connectivity index (χ3v) is 3.64. The lowest BCUT2D eigenvalue weighted by Crippen LogP contribution is -2.52. The number of hydrogen-bond donors (Lipinski definition) is 2. The zero-order chi connectivity index (χ0) is 12.8. The maximum atomic E-state index is 12.1. The summed E-state index contributed by atoms with van der Waals surface area (Å²) in [6.45, 7) is 7.36. The van der Waals surface area contributed by atoms with E-state index >= 15 is 0 Å². The van der Waals surface area contributed by atoms with Crippen molar-refractivity contribution in [3.63, 3.8) is 0 Å². The molecule has 3 atom stereocenters. The summed E-state index contributed by atoms with van der Waals surface area (Å²) in [6.07, 6.45) is 3.76. The van der Waals surface area contributed by atoms with Crippen LogP contribution in [0.2, 0.25) is 0 Å². The molecule has 1 aliphatic carbocycles. The number of hydrogen-bond acceptors (Lipinski definition) is 3. The van der Waals surface area contributed by atoms with Gasteiger partial charge in [0, 0.05) is 19.1 Å². The summed E-state index contributed by atoms with van der Waals surface area (Å²) in [4.78, 5) is 13.9. The van der Waals surface area contributed by atoms with Crippen molar-refractivity contribution in [1.82, 2.24) is 10.2 Å². The number of nitrogens with one attached hydrogen (secondary N) is 1. The molecule has 1 unspecified atom stereocenters. The molecule has 0 spiro atoms. The topological polar surface area (TPSA) is 52.6 Å². The Balaban J connectivity index is 2.46. The third-order valence-electron chi connectivity index (χ3n) is 3.64. The number of aliphatic hydroxyl groups excluding tert-OH is 1. The maximum Gasteiger partial charge on any atom is 0.239 e. The summed E-state index contributed by atoms with van der Waals surface area (Å²) < 4.78 is 0. The molecular weight excluding hydrogens is 216 g/mol. The van der Waals surface area contributed by atoms with Crippen molar-refractivity contribution in [2.24, 2.45) is 0 Å². The molecule has 4 nitrogen and oxygen atoms in total. The fraction of sp³-hybridized carbons (Fsp3) is 0.923. The predicted octanol–water partition coefficient (Wildman–Crippen LogP) is 1.14. The van der Waals surface area contributed by atoms with Crippen LogP contribution in [0, 0.1) is 0 Å². The lowest BCUT2D eigenvalue weighted by atomic mass is 9.92. The van der Waals surface area contributed by atoms with Crippen LogP contribution in [-0.4, -0.2) is 47.2 Å². The highest BCUT2D eigenvalue weighted by Crippen LogP contribution is 2.18. The molecule has 0 saturated heterocycles. The maximum absolute atomic E-state index is 12.1. The molecule has 0 aromatic rings. The first-order valence-corrected chi connectivity index (χ1v) is 6.83. The molecule has 0 radical (unpaired) electrons. The van der Waals surface area contributed by atoms with Gasteiger partial charge in [-0.2, -0.15) is 0 Å². The molecule has 1 saturated carbocycles. The highest BCUT2D eigenvalue weighted by atomic mass is 16.3. The SMILES string of the molecule is CCN(CC)C(=O)C(C)N[C@H]1CCCC[C@@H]1O. The summed E-state index contributed by atoms with van der Waals surface area (Å²) in [5, 5.41) is 13.1. The molecule has 4 heteroatoms. The summed E-state index contributed by atoms with van der Waals surface area (Å²) in [7, 11) is 0. The van der Waals surface area contributed by atoms with Crippen LogP contribution < -0.4 is 5.32 Å². The Kier molecular flexibility index (Phi) is 5.92. The van der Waals surface area contributed by atoms with Gasteiger partial charge in [-0.05, 0) is 33.6 Å². The molecule has 2 N–H and O–H groups in total. The van der Waals surface area contributed by atoms with Gasteiger partial charge in [-0.25, -0.2) is 0 Å². The van der Waals surface area contributed by atoms with E-state index in [0.29, 0.717) is 0 Å². The van der Waals surface area contributed by atoms with Crippen molar-refractivity contribution < 1.29 is 9.90 Å². The van der Waals surface area contributed by atoms with E-state index in [4.69, 9.17) is 0 Å². The summed E-state index contributed by atoms with van der Waals surface area (Å²) in [5.74, 6) is 0.132. The number of aliphatic hydroxyl groups is 1. The zero-order valence-electron chi connectivity index (χ0n) is 11.3. The van der Waals surface area contributed by atoms with Gasteiger partial charge in [-0.15, -0.1) is 0 Å². The number of rotatable bonds is 5. The Hall–Kier alpha value is -0.610. The van der Waals surface area contributed by atoms with Crippen LogP contribution in [0.3, 0.4) is 0 Å². The number of carbonyl (C=O) groups excluding carboxylic acids is 1. The minimum Gasteiger partial charge on any atom is -0.392 e. The minimum absolute atomic E-state index is 0.0817. The number of nitrogens with zero attached hydrogens (tertiary/aromatic N) is 1. The van der Waals surface area contributed by atoms with E-state index in [-0.39, 0.29) is 24.1 Å². The first-order chi connectivity index (χ1) is 8.10. The molecule has 100 valence electrons. The predicted molar refractivity (Wildman–Crippen MR) is 68.8 cm³/mol. The van der Waals surface area contributed by atoms with Crippen molar-refractivity contribution in [2.75, 3.05) is 13.1 Å². The van der Waals surface area contributed by atoms with Gasteiger partial charge in [0.05, 0.1) is 12.1 Å². The second-order valence-electron chi connectivity index (χ2n) is 4.86. The van der Waals surface area contributed by atoms with E-state index in [1.54, 1.807) is 0 Å². The molecule has 0 aliphatic heterocycles. The van der Waals surface area contributed by atoms with E-state index in [1.807, 2.05) is 25.7 Å². The van der Waals surface area contributed by atoms with Gasteiger partial charge in [-0.1, -0.05) is 12.8 Å². The second kappa shape index (κ2) is 6.97. The lowest BCUT2D eigenvalue weighted by molar-refractivity contribution is -0.133. The highest BCUT2D eigenvalue weighted by molar-refractivity contribution is 5.81. The van der Waals surface area contributed by atoms with Crippen molar-refractivity contribution in [3.8, 4) is 0 Å². The summed E-state index contributed by atoms with van der Waals surface area (Å²) in [5.41, 5.74) is 0. The van der Waals surface area contributed by atoms with Crippen LogP contribution in [0.1, 0.15) is 46.5 Å². The molecule has 0 aromatic carbocycles. The standard InChI is InChI=1S/C13H26N2O2/c1-4-15(5-2)13(17)10(3)14-11-8-6-7-9-12(11)16/h10-12,14,16H,4-9H2,1-3H3/t10?,11-,12-/m0/s1. The fourth-order valence-electron chi connectivity index (χ4n) is 2.51. The Morgan fingerprint density at radius 1 is 1.35 bits per heavy atom. The normalized spacial score (nSPS) is 26.6. The summed E-state index contributed by atoms with van der Waals surface area (Å²) in [6, 6.07) is -0.120. The van der Waals surface area contributed by atoms with Crippen LogP contribution in [0.25, 0.3) is 0 Å². The van der Waals surface area contributed by atoms with Crippen molar-refractivity contribution in [1.29, 1.82) is 0 Å². The van der Waals surface area contributed by atoms with Gasteiger partial charge >= 0.3 is 0 Å². The third kappa shape index (κ3) is 3.96. The fourth-order valence-corrected chi connectivity index (χ4v) is 2.51. The van der Waals surface area contributed by atoms with Gasteiger partial charge in [0.2, 0.25) is 5.91 Å². The average molecular weight is 242 g/mol. The molecule has 1 rings (SSSR count). The van der Waals surface area contributed by atoms with Crippen LogP contribution in [0.5, 0.6) is 0 Å². The molecule has 17 heavy (non-hydrogen) atoms. The largest absolute Gasteiger partial charge is 0.392 e. The van der Waals surface area contributed by atoms with Crippen LogP contribution in [0.4, 0.5) is 0 Å². The minimum atomic E-state index is -0.296. The summed E-state index contributed by atoms with van der Waals surface area (Å²) >= 11 is 0. The molecule has 0 bridgehead atoms. The first-order valence-electron chi connectivity index (χ1n) is 6.83. The Labute approximate surface area is 104 Å². The van der Waals surface area contributed by atoms with Crippen molar-refractivity contribution in [3.05, 3.63) is 0 Å². The highest BCUT2D eigenvalue weighted by Gasteiger charge is 2.27. The van der Waals surface area contributed by atoms with Crippen molar-refractivity contribution >= 4 is 5.91 Å². The van der Waals surface area contributed by atoms with Crippen LogP contribution >= 0.6 is 0 Å². The first kappa shape index (κ1) is 14.5. The van der Waals surface area contributed by atoms with Gasteiger partial charge in [0.15, 0.2) is 0 Å². The van der Waals surface area contributed by atoms with E-state index in [1.165, 1.54) is 0 Å². The van der Waals surface area contributed by atoms with E-state index in [2.05, 4.69) is 5.32 Å². The van der Waals surface area contributed by atoms with E-state index < -0.39 is 0 Å². The van der Waals surface area contributed by atoms with E-state index in [0.717, 1.165) is 38.8 Å². The molecule has 0 aromatic heterocycles. The molecular formula is C13H26N2O2. The Bertz CT molecular complexity index is 242. The quantitative estimate of drug-likeness (QED) is 0.760. The van der Waals surface area contributed by atoms with E-state index in [9.17, 15) is 9.90 Å². The zero-order valence-corrected chi connectivity index (χ0v) is 11.3. The van der Waals surface area contributed by atoms with Crippen LogP contribution in [-0.2, 0) is 4.79 Å². The van der Waals surface area contributed by atoms with Gasteiger partial charge < -0.3 is 15.3 Å². The molecule has 0 heterocycles. The Morgan fingerprint density at radius 2 is 1.94 bits per heavy atom. The second-order valence-corrected chi connectivity index (χ2v) is 4.86. The van der Waals surface area contributed by atoms with Crippen molar-refractivity contribution in [2.45, 2.75) is 64.6 Å². The van der Waals surface area contributed by atoms with Gasteiger partial charge in [0.1, 0.15) is 0 Å². The number of likely N-dealkylation sites (N-methyl/N-ethyl adjacent to an activating group) is 1. The lowest BCUT2D eigenvalue weighted by Gasteiger charge is -2.32. The smallest absolute Gasteiger partial charge is 0.239 e. The molecule has 1 aliphatic rings. The van der Waals surface area contributed by atoms with Gasteiger partial charge in [0.25, 0.3) is 0 Å². The number of carbonyl (C=O) groups is 1. The molecule has 1 amide bonds. The Morgan fingerprint density at radius 3 is 2.47 bits per heavy atom.